The third kappa shape index (κ3) is 6.61. The van der Waals surface area contributed by atoms with Crippen LogP contribution in [-0.2, 0) is 19.1 Å². The van der Waals surface area contributed by atoms with Crippen LogP contribution in [0.25, 0.3) is 11.1 Å². The summed E-state index contributed by atoms with van der Waals surface area (Å²) in [6.07, 6.45) is -0.0770. The summed E-state index contributed by atoms with van der Waals surface area (Å²) in [5.74, 6) is 3.54. The Kier molecular flexibility index (Phi) is 9.27. The van der Waals surface area contributed by atoms with Gasteiger partial charge >= 0.3 is 12.1 Å². The van der Waals surface area contributed by atoms with Gasteiger partial charge in [-0.2, -0.15) is 0 Å². The predicted octanol–water partition coefficient (Wildman–Crippen LogP) is 3.30. The Labute approximate surface area is 205 Å². The number of carboxylic acids is 1. The Hall–Kier alpha value is -3.83. The minimum absolute atomic E-state index is 0.0247. The van der Waals surface area contributed by atoms with Gasteiger partial charge in [-0.25, -0.2) is 9.59 Å². The van der Waals surface area contributed by atoms with Crippen LogP contribution in [0.3, 0.4) is 0 Å². The zero-order chi connectivity index (χ0) is 25.2. The number of alkyl carbamates (subject to hydrolysis) is 1. The van der Waals surface area contributed by atoms with Gasteiger partial charge in [0.15, 0.2) is 0 Å². The first-order valence-electron chi connectivity index (χ1n) is 11.5. The Morgan fingerprint density at radius 2 is 1.63 bits per heavy atom. The van der Waals surface area contributed by atoms with E-state index in [1.165, 1.54) is 7.11 Å². The van der Waals surface area contributed by atoms with Gasteiger partial charge in [0, 0.05) is 26.1 Å². The van der Waals surface area contributed by atoms with Crippen molar-refractivity contribution in [2.45, 2.75) is 44.2 Å². The van der Waals surface area contributed by atoms with Crippen LogP contribution in [0.5, 0.6) is 0 Å². The summed E-state index contributed by atoms with van der Waals surface area (Å²) in [4.78, 5) is 37.0. The molecule has 0 radical (unpaired) electrons. The van der Waals surface area contributed by atoms with Crippen molar-refractivity contribution in [2.75, 3.05) is 20.3 Å². The molecule has 3 rings (SSSR count). The Morgan fingerprint density at radius 1 is 1.00 bits per heavy atom. The summed E-state index contributed by atoms with van der Waals surface area (Å²) in [5.41, 5.74) is 4.38. The third-order valence-electron chi connectivity index (χ3n) is 5.89. The van der Waals surface area contributed by atoms with Gasteiger partial charge in [-0.1, -0.05) is 48.5 Å². The topological polar surface area (TPSA) is 114 Å². The molecule has 0 aromatic heterocycles. The molecule has 1 aliphatic carbocycles. The van der Waals surface area contributed by atoms with E-state index in [0.29, 0.717) is 13.0 Å². The maximum absolute atomic E-state index is 12.8. The average molecular weight is 479 g/mol. The largest absolute Gasteiger partial charge is 0.480 e. The molecule has 2 unspecified atom stereocenters. The van der Waals surface area contributed by atoms with Crippen LogP contribution in [0.15, 0.2) is 48.5 Å². The second-order valence-corrected chi connectivity index (χ2v) is 8.19. The normalized spacial score (nSPS) is 13.4. The number of amides is 2. The van der Waals surface area contributed by atoms with E-state index in [4.69, 9.17) is 9.47 Å². The molecule has 8 heteroatoms. The van der Waals surface area contributed by atoms with Crippen molar-refractivity contribution >= 4 is 18.0 Å². The Morgan fingerprint density at radius 3 is 2.20 bits per heavy atom. The lowest BCUT2D eigenvalue weighted by molar-refractivity contribution is -0.142. The van der Waals surface area contributed by atoms with E-state index in [-0.39, 0.29) is 25.4 Å². The quantitative estimate of drug-likeness (QED) is 0.337. The number of nitrogens with one attached hydrogen (secondary N) is 2. The van der Waals surface area contributed by atoms with E-state index in [9.17, 15) is 19.5 Å². The molecule has 2 amide bonds. The van der Waals surface area contributed by atoms with Crippen molar-refractivity contribution in [3.63, 3.8) is 0 Å². The summed E-state index contributed by atoms with van der Waals surface area (Å²) >= 11 is 0. The number of methoxy groups -OCH3 is 1. The van der Waals surface area contributed by atoms with E-state index < -0.39 is 30.1 Å². The van der Waals surface area contributed by atoms with Gasteiger partial charge in [0.25, 0.3) is 0 Å². The highest BCUT2D eigenvalue weighted by Gasteiger charge is 2.30. The third-order valence-corrected chi connectivity index (χ3v) is 5.89. The second-order valence-electron chi connectivity index (χ2n) is 8.19. The molecule has 2 aromatic rings. The molecule has 0 bridgehead atoms. The smallest absolute Gasteiger partial charge is 0.407 e. The molecule has 1 aliphatic rings. The number of rotatable bonds is 11. The number of ether oxygens (including phenoxy) is 2. The zero-order valence-corrected chi connectivity index (χ0v) is 19.9. The molecule has 0 saturated carbocycles. The number of fused-ring (bicyclic) bond motifs is 3. The van der Waals surface area contributed by atoms with E-state index in [0.717, 1.165) is 22.3 Å². The molecule has 184 valence electrons. The highest BCUT2D eigenvalue weighted by atomic mass is 16.5. The molecular formula is C27H30N2O6. The fourth-order valence-electron chi connectivity index (χ4n) is 4.16. The molecule has 2 aromatic carbocycles. The SMILES string of the molecule is CC#CCC(NC(=O)OCC1c2ccccc2-c2ccccc21)C(=O)NC(CCCOC)C(=O)O. The van der Waals surface area contributed by atoms with Crippen molar-refractivity contribution in [3.05, 3.63) is 59.7 Å². The summed E-state index contributed by atoms with van der Waals surface area (Å²) in [6, 6.07) is 13.8. The Balaban J connectivity index is 1.64. The number of aliphatic carboxylic acids is 1. The van der Waals surface area contributed by atoms with Crippen molar-refractivity contribution in [3.8, 4) is 23.0 Å². The van der Waals surface area contributed by atoms with Crippen LogP contribution in [0, 0.1) is 11.8 Å². The first kappa shape index (κ1) is 25.8. The maximum atomic E-state index is 12.8. The van der Waals surface area contributed by atoms with Gasteiger partial charge in [-0.15, -0.1) is 11.8 Å². The molecule has 35 heavy (non-hydrogen) atoms. The van der Waals surface area contributed by atoms with E-state index >= 15 is 0 Å². The number of carbonyl (C=O) groups is 3. The fraction of sp³-hybridized carbons (Fsp3) is 0.370. The van der Waals surface area contributed by atoms with Gasteiger partial charge in [0.2, 0.25) is 5.91 Å². The summed E-state index contributed by atoms with van der Waals surface area (Å²) < 4.78 is 10.5. The average Bonchev–Trinajstić information content (AvgIpc) is 3.18. The van der Waals surface area contributed by atoms with Crippen LogP contribution in [-0.4, -0.2) is 55.5 Å². The molecule has 3 N–H and O–H groups in total. The number of benzene rings is 2. The van der Waals surface area contributed by atoms with Gasteiger partial charge in [0.05, 0.1) is 0 Å². The first-order valence-corrected chi connectivity index (χ1v) is 11.5. The number of hydrogen-bond donors (Lipinski definition) is 3. The summed E-state index contributed by atoms with van der Waals surface area (Å²) in [5, 5.41) is 14.5. The van der Waals surface area contributed by atoms with E-state index in [2.05, 4.69) is 22.5 Å². The van der Waals surface area contributed by atoms with Gasteiger partial charge in [0.1, 0.15) is 18.7 Å². The highest BCUT2D eigenvalue weighted by molar-refractivity contribution is 5.89. The van der Waals surface area contributed by atoms with Gasteiger partial charge < -0.3 is 25.2 Å². The molecule has 0 heterocycles. The lowest BCUT2D eigenvalue weighted by Crippen LogP contribution is -2.51. The minimum Gasteiger partial charge on any atom is -0.480 e. The summed E-state index contributed by atoms with van der Waals surface area (Å²) in [6.45, 7) is 2.10. The van der Waals surface area contributed by atoms with Crippen LogP contribution < -0.4 is 10.6 Å². The number of hydrogen-bond acceptors (Lipinski definition) is 5. The lowest BCUT2D eigenvalue weighted by atomic mass is 9.98. The highest BCUT2D eigenvalue weighted by Crippen LogP contribution is 2.44. The molecular weight excluding hydrogens is 448 g/mol. The van der Waals surface area contributed by atoms with E-state index in [1.54, 1.807) is 6.92 Å². The molecule has 0 aliphatic heterocycles. The number of carbonyl (C=O) groups excluding carboxylic acids is 2. The van der Waals surface area contributed by atoms with Crippen LogP contribution in [0.4, 0.5) is 4.79 Å². The van der Waals surface area contributed by atoms with Crippen LogP contribution >= 0.6 is 0 Å². The molecule has 8 nitrogen and oxygen atoms in total. The number of carboxylic acid groups (broad SMARTS) is 1. The van der Waals surface area contributed by atoms with Crippen molar-refractivity contribution in [1.82, 2.24) is 10.6 Å². The zero-order valence-electron chi connectivity index (χ0n) is 19.9. The van der Waals surface area contributed by atoms with Crippen molar-refractivity contribution < 1.29 is 29.0 Å². The second kappa shape index (κ2) is 12.6. The molecule has 2 atom stereocenters. The standard InChI is InChI=1S/C27H30N2O6/c1-3-4-14-23(25(30)28-24(26(31)32)15-9-16-34-2)29-27(33)35-17-22-20-12-7-5-10-18(20)19-11-6-8-13-21(19)22/h5-8,10-13,22-24H,9,14-17H2,1-2H3,(H,28,30)(H,29,33)(H,31,32). The first-order chi connectivity index (χ1) is 17.0. The molecule has 0 spiro atoms. The van der Waals surface area contributed by atoms with Crippen molar-refractivity contribution in [2.24, 2.45) is 0 Å². The molecule has 0 saturated heterocycles. The van der Waals surface area contributed by atoms with Gasteiger partial charge in [-0.05, 0) is 42.0 Å². The monoisotopic (exact) mass is 478 g/mol. The lowest BCUT2D eigenvalue weighted by Gasteiger charge is -2.21. The van der Waals surface area contributed by atoms with Crippen molar-refractivity contribution in [1.29, 1.82) is 0 Å². The maximum Gasteiger partial charge on any atom is 0.407 e. The minimum atomic E-state index is -1.16. The summed E-state index contributed by atoms with van der Waals surface area (Å²) in [7, 11) is 1.52. The van der Waals surface area contributed by atoms with Crippen LogP contribution in [0.2, 0.25) is 0 Å². The Bertz CT molecular complexity index is 1070. The van der Waals surface area contributed by atoms with Gasteiger partial charge in [-0.3, -0.25) is 4.79 Å². The fourth-order valence-corrected chi connectivity index (χ4v) is 4.16. The molecule has 0 fully saturated rings. The predicted molar refractivity (Wildman–Crippen MR) is 131 cm³/mol. The van der Waals surface area contributed by atoms with Crippen LogP contribution in [0.1, 0.15) is 43.2 Å². The van der Waals surface area contributed by atoms with E-state index in [1.807, 2.05) is 48.5 Å².